The number of likely N-dealkylation sites (tertiary alicyclic amines) is 2. The number of amides is 2. The second-order valence-corrected chi connectivity index (χ2v) is 10.4. The van der Waals surface area contributed by atoms with Crippen molar-refractivity contribution in [2.24, 2.45) is 0 Å². The molecule has 0 radical (unpaired) electrons. The Balaban J connectivity index is 1.33. The number of aromatic nitrogens is 3. The lowest BCUT2D eigenvalue weighted by molar-refractivity contribution is 0.0186. The van der Waals surface area contributed by atoms with Crippen molar-refractivity contribution < 1.29 is 23.1 Å². The van der Waals surface area contributed by atoms with Crippen molar-refractivity contribution in [1.29, 1.82) is 0 Å². The summed E-state index contributed by atoms with van der Waals surface area (Å²) in [5.41, 5.74) is 0.235. The van der Waals surface area contributed by atoms with Gasteiger partial charge in [-0.2, -0.15) is 5.10 Å². The van der Waals surface area contributed by atoms with Gasteiger partial charge in [-0.25, -0.2) is 13.6 Å². The highest BCUT2D eigenvalue weighted by Crippen LogP contribution is 2.31. The number of carbonyl (C=O) groups excluding carboxylic acids is 2. The van der Waals surface area contributed by atoms with Gasteiger partial charge < -0.3 is 14.5 Å². The van der Waals surface area contributed by atoms with Crippen LogP contribution in [0, 0.1) is 11.6 Å². The maximum atomic E-state index is 14.9. The summed E-state index contributed by atoms with van der Waals surface area (Å²) in [6.45, 7) is 7.76. The number of piperidine rings is 1. The van der Waals surface area contributed by atoms with E-state index in [-0.39, 0.29) is 29.0 Å². The van der Waals surface area contributed by atoms with E-state index >= 15 is 0 Å². The van der Waals surface area contributed by atoms with E-state index < -0.39 is 23.1 Å². The monoisotopic (exact) mass is 497 g/mol. The third-order valence-electron chi connectivity index (χ3n) is 6.65. The molecular weight excluding hydrogens is 468 g/mol. The molecule has 4 heterocycles. The maximum absolute atomic E-state index is 14.9. The molecular formula is C26H29F2N5O3. The van der Waals surface area contributed by atoms with Crippen LogP contribution in [0.25, 0.3) is 22.2 Å². The summed E-state index contributed by atoms with van der Waals surface area (Å²) < 4.78 is 37.0. The van der Waals surface area contributed by atoms with Gasteiger partial charge in [0.25, 0.3) is 5.91 Å². The molecule has 36 heavy (non-hydrogen) atoms. The lowest BCUT2D eigenvalue weighted by Gasteiger charge is -2.33. The molecule has 190 valence electrons. The summed E-state index contributed by atoms with van der Waals surface area (Å²) in [5.74, 6) is -1.96. The highest BCUT2D eigenvalue weighted by atomic mass is 19.1. The van der Waals surface area contributed by atoms with Gasteiger partial charge in [-0.15, -0.1) is 0 Å². The zero-order valence-electron chi connectivity index (χ0n) is 20.6. The second kappa shape index (κ2) is 9.15. The molecule has 2 amide bonds. The predicted octanol–water partition coefficient (Wildman–Crippen LogP) is 4.79. The fourth-order valence-electron chi connectivity index (χ4n) is 4.60. The first-order chi connectivity index (χ1) is 17.1. The Kier molecular flexibility index (Phi) is 6.13. The quantitative estimate of drug-likeness (QED) is 0.520. The molecule has 1 aromatic carbocycles. The summed E-state index contributed by atoms with van der Waals surface area (Å²) in [7, 11) is 0. The molecule has 5 rings (SSSR count). The minimum atomic E-state index is -0.766. The maximum Gasteiger partial charge on any atom is 0.410 e. The van der Waals surface area contributed by atoms with Gasteiger partial charge in [-0.3, -0.25) is 14.5 Å². The van der Waals surface area contributed by atoms with Gasteiger partial charge in [-0.1, -0.05) is 0 Å². The number of nitrogens with zero attached hydrogens (tertiary/aromatic N) is 5. The Hall–Kier alpha value is -3.56. The van der Waals surface area contributed by atoms with E-state index in [0.717, 1.165) is 29.5 Å². The second-order valence-electron chi connectivity index (χ2n) is 10.4. The molecule has 2 fully saturated rings. The third-order valence-corrected chi connectivity index (χ3v) is 6.65. The van der Waals surface area contributed by atoms with Gasteiger partial charge >= 0.3 is 6.09 Å². The summed E-state index contributed by atoms with van der Waals surface area (Å²) >= 11 is 0. The normalized spacial score (nSPS) is 16.8. The molecule has 0 bridgehead atoms. The van der Waals surface area contributed by atoms with Crippen LogP contribution < -0.4 is 0 Å². The van der Waals surface area contributed by atoms with Crippen molar-refractivity contribution in [3.05, 3.63) is 47.8 Å². The Morgan fingerprint density at radius 3 is 2.33 bits per heavy atom. The third kappa shape index (κ3) is 4.64. The Morgan fingerprint density at radius 1 is 0.972 bits per heavy atom. The van der Waals surface area contributed by atoms with Crippen molar-refractivity contribution in [3.63, 3.8) is 0 Å². The van der Waals surface area contributed by atoms with Gasteiger partial charge in [0, 0.05) is 37.1 Å². The van der Waals surface area contributed by atoms with Crippen molar-refractivity contribution in [2.75, 3.05) is 26.2 Å². The zero-order chi connectivity index (χ0) is 25.6. The first-order valence-electron chi connectivity index (χ1n) is 12.2. The van der Waals surface area contributed by atoms with Gasteiger partial charge in [0.1, 0.15) is 17.2 Å². The van der Waals surface area contributed by atoms with E-state index in [1.165, 1.54) is 4.90 Å². The molecule has 2 aliphatic heterocycles. The van der Waals surface area contributed by atoms with Gasteiger partial charge in [-0.05, 0) is 58.2 Å². The van der Waals surface area contributed by atoms with Crippen LogP contribution in [0.4, 0.5) is 13.6 Å². The van der Waals surface area contributed by atoms with Crippen molar-refractivity contribution in [2.45, 2.75) is 51.7 Å². The highest BCUT2D eigenvalue weighted by Gasteiger charge is 2.29. The van der Waals surface area contributed by atoms with Crippen LogP contribution in [-0.2, 0) is 4.74 Å². The molecule has 0 unspecified atom stereocenters. The fraction of sp³-hybridized carbons (Fsp3) is 0.462. The Bertz CT molecular complexity index is 1320. The van der Waals surface area contributed by atoms with Crippen LogP contribution in [0.2, 0.25) is 0 Å². The smallest absolute Gasteiger partial charge is 0.410 e. The lowest BCUT2D eigenvalue weighted by Crippen LogP contribution is -2.42. The van der Waals surface area contributed by atoms with Crippen molar-refractivity contribution >= 4 is 22.9 Å². The number of hydrogen-bond donors (Lipinski definition) is 0. The molecule has 0 saturated carbocycles. The number of ether oxygens (including phenoxy) is 1. The minimum absolute atomic E-state index is 0.00650. The van der Waals surface area contributed by atoms with E-state index in [0.29, 0.717) is 39.0 Å². The van der Waals surface area contributed by atoms with E-state index in [1.54, 1.807) is 23.4 Å². The lowest BCUT2D eigenvalue weighted by atomic mass is 10.0. The Labute approximate surface area is 207 Å². The largest absolute Gasteiger partial charge is 0.444 e. The van der Waals surface area contributed by atoms with Crippen LogP contribution in [0.3, 0.4) is 0 Å². The summed E-state index contributed by atoms with van der Waals surface area (Å²) in [6, 6.07) is 3.74. The average Bonchev–Trinajstić information content (AvgIpc) is 3.21. The van der Waals surface area contributed by atoms with Gasteiger partial charge in [0.15, 0.2) is 0 Å². The zero-order valence-corrected chi connectivity index (χ0v) is 20.6. The van der Waals surface area contributed by atoms with Crippen LogP contribution in [0.1, 0.15) is 56.4 Å². The summed E-state index contributed by atoms with van der Waals surface area (Å²) in [6.07, 6.45) is 5.26. The average molecular weight is 498 g/mol. The van der Waals surface area contributed by atoms with Gasteiger partial charge in [0.05, 0.1) is 35.2 Å². The molecule has 3 aromatic rings. The van der Waals surface area contributed by atoms with Crippen molar-refractivity contribution in [3.8, 4) is 11.3 Å². The van der Waals surface area contributed by atoms with Crippen LogP contribution in [0.5, 0.6) is 0 Å². The van der Waals surface area contributed by atoms with Gasteiger partial charge in [0.2, 0.25) is 0 Å². The van der Waals surface area contributed by atoms with E-state index in [2.05, 4.69) is 10.1 Å². The summed E-state index contributed by atoms with van der Waals surface area (Å²) in [4.78, 5) is 32.3. The molecule has 2 saturated heterocycles. The van der Waals surface area contributed by atoms with Crippen LogP contribution >= 0.6 is 0 Å². The standard InChI is InChI=1S/C26H29F2N5O3/c1-26(2,3)36-25(35)32-9-5-17(6-10-32)33-23-15-29-22(11-16(23)14-30-33)18-12-21(28)19(13-20(18)27)24(34)31-7-4-8-31/h11-15,17H,4-10H2,1-3H3. The fourth-order valence-corrected chi connectivity index (χ4v) is 4.60. The molecule has 0 N–H and O–H groups in total. The van der Waals surface area contributed by atoms with Crippen molar-refractivity contribution in [1.82, 2.24) is 24.6 Å². The number of carbonyl (C=O) groups is 2. The molecule has 10 heteroatoms. The topological polar surface area (TPSA) is 80.6 Å². The minimum Gasteiger partial charge on any atom is -0.444 e. The van der Waals surface area contributed by atoms with E-state index in [9.17, 15) is 18.4 Å². The van der Waals surface area contributed by atoms with E-state index in [4.69, 9.17) is 4.74 Å². The van der Waals surface area contributed by atoms with E-state index in [1.807, 2.05) is 25.5 Å². The molecule has 0 aliphatic carbocycles. The SMILES string of the molecule is CC(C)(C)OC(=O)N1CCC(n2ncc3cc(-c4cc(F)c(C(=O)N5CCC5)cc4F)ncc32)CC1. The highest BCUT2D eigenvalue weighted by molar-refractivity contribution is 5.95. The van der Waals surface area contributed by atoms with Crippen LogP contribution in [-0.4, -0.2) is 68.3 Å². The number of pyridine rings is 1. The Morgan fingerprint density at radius 2 is 1.69 bits per heavy atom. The molecule has 0 spiro atoms. The number of benzene rings is 1. The molecule has 8 nitrogen and oxygen atoms in total. The molecule has 2 aliphatic rings. The summed E-state index contributed by atoms with van der Waals surface area (Å²) in [5, 5.41) is 5.27. The predicted molar refractivity (Wildman–Crippen MR) is 129 cm³/mol. The first-order valence-corrected chi connectivity index (χ1v) is 12.2. The first kappa shape index (κ1) is 24.1. The number of fused-ring (bicyclic) bond motifs is 1. The molecule has 2 aromatic heterocycles. The molecule has 0 atom stereocenters. The number of halogens is 2. The van der Waals surface area contributed by atoms with Crippen LogP contribution in [0.15, 0.2) is 30.6 Å². The number of rotatable bonds is 3. The number of hydrogen-bond acceptors (Lipinski definition) is 5.